The molecule has 1 amide bonds. The van der Waals surface area contributed by atoms with Crippen molar-refractivity contribution in [3.63, 3.8) is 0 Å². The molecular formula is C18H21N3O3. The summed E-state index contributed by atoms with van der Waals surface area (Å²) in [5.41, 5.74) is 1.33. The molecule has 2 aromatic rings. The van der Waals surface area contributed by atoms with Crippen molar-refractivity contribution < 1.29 is 9.53 Å². The van der Waals surface area contributed by atoms with E-state index in [2.05, 4.69) is 15.3 Å². The van der Waals surface area contributed by atoms with Crippen molar-refractivity contribution in [3.8, 4) is 5.88 Å². The molecule has 0 aliphatic heterocycles. The zero-order valence-corrected chi connectivity index (χ0v) is 13.7. The number of ether oxygens (including phenoxy) is 1. The van der Waals surface area contributed by atoms with Gasteiger partial charge in [-0.15, -0.1) is 0 Å². The molecule has 1 aliphatic carbocycles. The number of hydrogen-bond donors (Lipinski definition) is 2. The number of aryl methyl sites for hydroxylation is 1. The van der Waals surface area contributed by atoms with Crippen LogP contribution in [0.1, 0.15) is 47.3 Å². The van der Waals surface area contributed by atoms with Gasteiger partial charge in [0.1, 0.15) is 11.7 Å². The molecule has 2 N–H and O–H groups in total. The Labute approximate surface area is 140 Å². The molecule has 0 bridgehead atoms. The number of H-pyrrole nitrogens is 1. The van der Waals surface area contributed by atoms with Crippen LogP contribution in [0.5, 0.6) is 5.88 Å². The van der Waals surface area contributed by atoms with Crippen molar-refractivity contribution in [2.75, 3.05) is 0 Å². The van der Waals surface area contributed by atoms with Gasteiger partial charge in [0.25, 0.3) is 11.5 Å². The minimum Gasteiger partial charge on any atom is -0.474 e. The highest BCUT2D eigenvalue weighted by molar-refractivity contribution is 5.93. The van der Waals surface area contributed by atoms with Gasteiger partial charge in [-0.3, -0.25) is 9.59 Å². The molecule has 0 spiro atoms. The molecule has 0 aromatic carbocycles. The van der Waals surface area contributed by atoms with Gasteiger partial charge >= 0.3 is 0 Å². The van der Waals surface area contributed by atoms with E-state index >= 15 is 0 Å². The average molecular weight is 327 g/mol. The molecule has 1 aliphatic rings. The van der Waals surface area contributed by atoms with Crippen molar-refractivity contribution in [1.82, 2.24) is 15.3 Å². The fourth-order valence-electron chi connectivity index (χ4n) is 2.83. The number of carbonyl (C=O) groups is 1. The van der Waals surface area contributed by atoms with Crippen molar-refractivity contribution in [2.24, 2.45) is 0 Å². The van der Waals surface area contributed by atoms with E-state index in [1.807, 2.05) is 12.1 Å². The van der Waals surface area contributed by atoms with Crippen molar-refractivity contribution in [3.05, 3.63) is 57.6 Å². The maximum atomic E-state index is 12.1. The number of hydrogen-bond acceptors (Lipinski definition) is 4. The summed E-state index contributed by atoms with van der Waals surface area (Å²) >= 11 is 0. The number of amides is 1. The van der Waals surface area contributed by atoms with Crippen molar-refractivity contribution >= 4 is 5.91 Å². The van der Waals surface area contributed by atoms with Crippen LogP contribution in [-0.4, -0.2) is 22.0 Å². The minimum atomic E-state index is -0.397. The second-order valence-corrected chi connectivity index (χ2v) is 6.09. The quantitative estimate of drug-likeness (QED) is 0.883. The molecule has 0 saturated heterocycles. The zero-order valence-electron chi connectivity index (χ0n) is 13.7. The normalized spacial score (nSPS) is 14.5. The Kier molecular flexibility index (Phi) is 4.93. The molecule has 1 fully saturated rings. The van der Waals surface area contributed by atoms with Crippen LogP contribution in [0.25, 0.3) is 0 Å². The molecule has 126 valence electrons. The minimum absolute atomic E-state index is 0.108. The third kappa shape index (κ3) is 4.01. The summed E-state index contributed by atoms with van der Waals surface area (Å²) < 4.78 is 5.86. The molecule has 24 heavy (non-hydrogen) atoms. The van der Waals surface area contributed by atoms with Crippen LogP contribution >= 0.6 is 0 Å². The van der Waals surface area contributed by atoms with E-state index in [4.69, 9.17) is 4.74 Å². The largest absolute Gasteiger partial charge is 0.474 e. The van der Waals surface area contributed by atoms with Crippen LogP contribution in [0.15, 0.2) is 35.3 Å². The molecule has 2 aromatic heterocycles. The standard InChI is InChI=1S/C18H21N3O3/c1-12-6-7-15(18(23)21-12)17(22)20-11-13-8-9-19-16(10-13)24-14-4-2-3-5-14/h6-10,14H,2-5,11H2,1H3,(H,20,22)(H,21,23). The summed E-state index contributed by atoms with van der Waals surface area (Å²) in [4.78, 5) is 30.8. The summed E-state index contributed by atoms with van der Waals surface area (Å²) in [5, 5.41) is 2.75. The van der Waals surface area contributed by atoms with Crippen molar-refractivity contribution in [1.29, 1.82) is 0 Å². The lowest BCUT2D eigenvalue weighted by molar-refractivity contribution is 0.0949. The fourth-order valence-corrected chi connectivity index (χ4v) is 2.83. The van der Waals surface area contributed by atoms with E-state index < -0.39 is 5.91 Å². The molecule has 1 saturated carbocycles. The number of rotatable bonds is 5. The Morgan fingerprint density at radius 1 is 1.33 bits per heavy atom. The number of nitrogens with one attached hydrogen (secondary N) is 2. The lowest BCUT2D eigenvalue weighted by Crippen LogP contribution is -2.29. The van der Waals surface area contributed by atoms with E-state index in [9.17, 15) is 9.59 Å². The van der Waals surface area contributed by atoms with Gasteiger partial charge in [0, 0.05) is 24.5 Å². The second kappa shape index (κ2) is 7.29. The van der Waals surface area contributed by atoms with Gasteiger partial charge in [0.2, 0.25) is 5.88 Å². The van der Waals surface area contributed by atoms with Crippen LogP contribution in [0.2, 0.25) is 0 Å². The molecule has 0 radical (unpaired) electrons. The smallest absolute Gasteiger partial charge is 0.260 e. The van der Waals surface area contributed by atoms with E-state index in [0.717, 1.165) is 24.1 Å². The number of nitrogens with zero attached hydrogens (tertiary/aromatic N) is 1. The number of pyridine rings is 2. The first-order valence-corrected chi connectivity index (χ1v) is 8.21. The van der Waals surface area contributed by atoms with E-state index in [1.54, 1.807) is 19.2 Å². The van der Waals surface area contributed by atoms with Gasteiger partial charge in [0.15, 0.2) is 0 Å². The van der Waals surface area contributed by atoms with Crippen LogP contribution < -0.4 is 15.6 Å². The molecule has 6 nitrogen and oxygen atoms in total. The maximum absolute atomic E-state index is 12.1. The Morgan fingerprint density at radius 2 is 2.12 bits per heavy atom. The average Bonchev–Trinajstić information content (AvgIpc) is 3.06. The maximum Gasteiger partial charge on any atom is 0.260 e. The zero-order chi connectivity index (χ0) is 16.9. The molecule has 0 atom stereocenters. The molecule has 2 heterocycles. The highest BCUT2D eigenvalue weighted by Crippen LogP contribution is 2.23. The summed E-state index contributed by atoms with van der Waals surface area (Å²) in [6.45, 7) is 2.08. The van der Waals surface area contributed by atoms with Crippen molar-refractivity contribution in [2.45, 2.75) is 45.3 Å². The Hall–Kier alpha value is -2.63. The Morgan fingerprint density at radius 3 is 2.88 bits per heavy atom. The van der Waals surface area contributed by atoms with Gasteiger partial charge in [0.05, 0.1) is 0 Å². The first kappa shape index (κ1) is 16.2. The molecule has 0 unspecified atom stereocenters. The monoisotopic (exact) mass is 327 g/mol. The number of carbonyl (C=O) groups excluding carboxylic acids is 1. The van der Waals surface area contributed by atoms with Gasteiger partial charge in [-0.2, -0.15) is 0 Å². The number of aromatic amines is 1. The summed E-state index contributed by atoms with van der Waals surface area (Å²) in [5.74, 6) is 0.188. The number of aromatic nitrogens is 2. The van der Waals surface area contributed by atoms with E-state index in [1.165, 1.54) is 18.9 Å². The third-order valence-corrected chi connectivity index (χ3v) is 4.14. The highest BCUT2D eigenvalue weighted by Gasteiger charge is 2.17. The lowest BCUT2D eigenvalue weighted by atomic mass is 10.2. The van der Waals surface area contributed by atoms with Gasteiger partial charge < -0.3 is 15.0 Å². The first-order valence-electron chi connectivity index (χ1n) is 8.21. The predicted octanol–water partition coefficient (Wildman–Crippen LogP) is 2.33. The highest BCUT2D eigenvalue weighted by atomic mass is 16.5. The van der Waals surface area contributed by atoms with Gasteiger partial charge in [-0.25, -0.2) is 4.98 Å². The Balaban J connectivity index is 1.61. The molecule has 6 heteroatoms. The SMILES string of the molecule is Cc1ccc(C(=O)NCc2ccnc(OC3CCCC3)c2)c(=O)[nH]1. The van der Waals surface area contributed by atoms with Gasteiger partial charge in [-0.1, -0.05) is 0 Å². The van der Waals surface area contributed by atoms with Crippen LogP contribution in [0.3, 0.4) is 0 Å². The fraction of sp³-hybridized carbons (Fsp3) is 0.389. The molecular weight excluding hydrogens is 306 g/mol. The predicted molar refractivity (Wildman–Crippen MR) is 90.1 cm³/mol. The van der Waals surface area contributed by atoms with Crippen LogP contribution in [0, 0.1) is 6.92 Å². The van der Waals surface area contributed by atoms with E-state index in [-0.39, 0.29) is 17.2 Å². The lowest BCUT2D eigenvalue weighted by Gasteiger charge is -2.13. The Bertz CT molecular complexity index is 779. The van der Waals surface area contributed by atoms with Crippen LogP contribution in [0.4, 0.5) is 0 Å². The first-order chi connectivity index (χ1) is 11.6. The molecule has 3 rings (SSSR count). The summed E-state index contributed by atoms with van der Waals surface area (Å²) in [6, 6.07) is 6.89. The van der Waals surface area contributed by atoms with Crippen LogP contribution in [-0.2, 0) is 6.54 Å². The summed E-state index contributed by atoms with van der Waals surface area (Å²) in [7, 11) is 0. The topological polar surface area (TPSA) is 84.1 Å². The second-order valence-electron chi connectivity index (χ2n) is 6.09. The third-order valence-electron chi connectivity index (χ3n) is 4.14. The summed E-state index contributed by atoms with van der Waals surface area (Å²) in [6.07, 6.45) is 6.45. The van der Waals surface area contributed by atoms with Gasteiger partial charge in [-0.05, 0) is 56.4 Å². The van der Waals surface area contributed by atoms with E-state index in [0.29, 0.717) is 12.4 Å².